The number of rotatable bonds is 6. The molecule has 2 aliphatic rings. The highest BCUT2D eigenvalue weighted by atomic mass is 32.2. The van der Waals surface area contributed by atoms with Crippen molar-refractivity contribution in [3.8, 4) is 10.8 Å². The monoisotopic (exact) mass is 421 g/mol. The quantitative estimate of drug-likeness (QED) is 0.746. The summed E-state index contributed by atoms with van der Waals surface area (Å²) in [4.78, 5) is 2.32. The van der Waals surface area contributed by atoms with E-state index >= 15 is 0 Å². The number of thiophene rings is 1. The van der Waals surface area contributed by atoms with Crippen molar-refractivity contribution in [2.75, 3.05) is 31.1 Å². The maximum absolute atomic E-state index is 12.7. The zero-order valence-corrected chi connectivity index (χ0v) is 17.5. The second kappa shape index (κ2) is 8.82. The zero-order valence-electron chi connectivity index (χ0n) is 15.9. The second-order valence-electron chi connectivity index (χ2n) is 7.37. The van der Waals surface area contributed by atoms with Gasteiger partial charge in [-0.3, -0.25) is 0 Å². The lowest BCUT2D eigenvalue weighted by molar-refractivity contribution is 0.412. The number of hydrogen-bond acceptors (Lipinski definition) is 6. The second-order valence-corrected chi connectivity index (χ2v) is 10.4. The van der Waals surface area contributed by atoms with Gasteiger partial charge in [0.2, 0.25) is 10.0 Å². The van der Waals surface area contributed by atoms with Gasteiger partial charge in [-0.1, -0.05) is 36.7 Å². The predicted octanol–water partition coefficient (Wildman–Crippen LogP) is 3.56. The molecule has 0 bridgehead atoms. The first kappa shape index (κ1) is 19.7. The summed E-state index contributed by atoms with van der Waals surface area (Å²) in [5.74, 6) is 0.724. The predicted molar refractivity (Wildman–Crippen MR) is 113 cm³/mol. The minimum atomic E-state index is -3.48. The van der Waals surface area contributed by atoms with E-state index in [4.69, 9.17) is 4.74 Å². The number of sulfonamides is 1. The lowest BCUT2D eigenvalue weighted by atomic mass is 9.96. The molecule has 0 radical (unpaired) electrons. The maximum atomic E-state index is 12.7. The molecule has 2 fully saturated rings. The van der Waals surface area contributed by atoms with Crippen LogP contribution in [0.25, 0.3) is 0 Å². The van der Waals surface area contributed by atoms with E-state index in [9.17, 15) is 8.42 Å². The SMILES string of the molecule is O=S(=O)(NC1CCCCC1)c1ccc(Oc2cccc(N3CCNCC3)c2)s1. The highest BCUT2D eigenvalue weighted by molar-refractivity contribution is 7.91. The first-order valence-electron chi connectivity index (χ1n) is 9.96. The molecule has 152 valence electrons. The molecule has 4 rings (SSSR count). The summed E-state index contributed by atoms with van der Waals surface area (Å²) in [6, 6.07) is 11.4. The van der Waals surface area contributed by atoms with E-state index < -0.39 is 10.0 Å². The van der Waals surface area contributed by atoms with Gasteiger partial charge in [0.25, 0.3) is 0 Å². The highest BCUT2D eigenvalue weighted by Crippen LogP contribution is 2.34. The molecule has 1 aromatic heterocycles. The lowest BCUT2D eigenvalue weighted by Crippen LogP contribution is -2.43. The standard InChI is InChI=1S/C20H27N3O3S2/c24-28(25,22-16-5-2-1-3-6-16)20-10-9-19(27-20)26-18-8-4-7-17(15-18)23-13-11-21-12-14-23/h4,7-10,15-16,21-22H,1-3,5-6,11-14H2. The minimum Gasteiger partial charge on any atom is -0.447 e. The molecule has 1 aromatic carbocycles. The van der Waals surface area contributed by atoms with Crippen LogP contribution < -0.4 is 19.7 Å². The van der Waals surface area contributed by atoms with Crippen LogP contribution in [0.1, 0.15) is 32.1 Å². The topological polar surface area (TPSA) is 70.7 Å². The van der Waals surface area contributed by atoms with E-state index in [0.717, 1.165) is 63.3 Å². The van der Waals surface area contributed by atoms with Gasteiger partial charge in [-0.15, -0.1) is 0 Å². The molecule has 2 aromatic rings. The summed E-state index contributed by atoms with van der Waals surface area (Å²) in [6.07, 6.45) is 5.23. The molecule has 1 aliphatic heterocycles. The summed E-state index contributed by atoms with van der Waals surface area (Å²) in [5, 5.41) is 3.94. The van der Waals surface area contributed by atoms with Crippen molar-refractivity contribution in [1.29, 1.82) is 0 Å². The van der Waals surface area contributed by atoms with Crippen molar-refractivity contribution in [3.05, 3.63) is 36.4 Å². The van der Waals surface area contributed by atoms with Crippen LogP contribution in [0, 0.1) is 0 Å². The Balaban J connectivity index is 1.43. The van der Waals surface area contributed by atoms with Gasteiger partial charge in [-0.25, -0.2) is 13.1 Å². The van der Waals surface area contributed by atoms with Crippen molar-refractivity contribution in [1.82, 2.24) is 10.0 Å². The third-order valence-corrected chi connectivity index (χ3v) is 8.24. The Morgan fingerprint density at radius 3 is 2.64 bits per heavy atom. The molecule has 28 heavy (non-hydrogen) atoms. The number of benzene rings is 1. The summed E-state index contributed by atoms with van der Waals surface area (Å²) in [7, 11) is -3.48. The molecular formula is C20H27N3O3S2. The lowest BCUT2D eigenvalue weighted by Gasteiger charge is -2.29. The van der Waals surface area contributed by atoms with Gasteiger partial charge in [0.15, 0.2) is 5.06 Å². The number of anilines is 1. The summed E-state index contributed by atoms with van der Waals surface area (Å²) in [5.41, 5.74) is 1.13. The van der Waals surface area contributed by atoms with Crippen LogP contribution in [0.15, 0.2) is 40.6 Å². The van der Waals surface area contributed by atoms with Crippen LogP contribution in [-0.4, -0.2) is 40.6 Å². The third-order valence-electron chi connectivity index (χ3n) is 5.27. The number of piperazine rings is 1. The third kappa shape index (κ3) is 4.86. The Morgan fingerprint density at radius 1 is 1.07 bits per heavy atom. The molecule has 2 N–H and O–H groups in total. The normalized spacial score (nSPS) is 18.9. The van der Waals surface area contributed by atoms with Crippen LogP contribution in [-0.2, 0) is 10.0 Å². The van der Waals surface area contributed by atoms with Gasteiger partial charge in [-0.05, 0) is 37.1 Å². The van der Waals surface area contributed by atoms with Crippen molar-refractivity contribution in [3.63, 3.8) is 0 Å². The molecular weight excluding hydrogens is 394 g/mol. The molecule has 1 aliphatic carbocycles. The van der Waals surface area contributed by atoms with Crippen LogP contribution >= 0.6 is 11.3 Å². The van der Waals surface area contributed by atoms with Gasteiger partial charge in [0.1, 0.15) is 9.96 Å². The fourth-order valence-electron chi connectivity index (χ4n) is 3.78. The van der Waals surface area contributed by atoms with Crippen molar-refractivity contribution in [2.24, 2.45) is 0 Å². The van der Waals surface area contributed by atoms with E-state index in [2.05, 4.69) is 21.0 Å². The largest absolute Gasteiger partial charge is 0.447 e. The van der Waals surface area contributed by atoms with Crippen LogP contribution in [0.2, 0.25) is 0 Å². The maximum Gasteiger partial charge on any atom is 0.250 e. The number of nitrogens with one attached hydrogen (secondary N) is 2. The minimum absolute atomic E-state index is 0.0564. The average Bonchev–Trinajstić information content (AvgIpc) is 3.19. The molecule has 0 unspecified atom stereocenters. The van der Waals surface area contributed by atoms with Gasteiger partial charge in [-0.2, -0.15) is 0 Å². The zero-order chi connectivity index (χ0) is 19.4. The number of nitrogens with zero attached hydrogens (tertiary/aromatic N) is 1. The van der Waals surface area contributed by atoms with Crippen molar-refractivity contribution < 1.29 is 13.2 Å². The van der Waals surface area contributed by atoms with Crippen LogP contribution in [0.5, 0.6) is 10.8 Å². The van der Waals surface area contributed by atoms with Crippen molar-refractivity contribution in [2.45, 2.75) is 42.4 Å². The van der Waals surface area contributed by atoms with Gasteiger partial charge in [0.05, 0.1) is 0 Å². The molecule has 0 amide bonds. The fourth-order valence-corrected chi connectivity index (χ4v) is 6.26. The fraction of sp³-hybridized carbons (Fsp3) is 0.500. The Kier molecular flexibility index (Phi) is 6.20. The Bertz CT molecular complexity index is 886. The molecule has 6 nitrogen and oxygen atoms in total. The van der Waals surface area contributed by atoms with Gasteiger partial charge in [0, 0.05) is 44.0 Å². The molecule has 8 heteroatoms. The first-order chi connectivity index (χ1) is 13.6. The first-order valence-corrected chi connectivity index (χ1v) is 12.3. The van der Waals surface area contributed by atoms with Crippen LogP contribution in [0.3, 0.4) is 0 Å². The van der Waals surface area contributed by atoms with Crippen molar-refractivity contribution >= 4 is 27.0 Å². The smallest absolute Gasteiger partial charge is 0.250 e. The molecule has 2 heterocycles. The molecule has 0 atom stereocenters. The Hall–Kier alpha value is -1.61. The van der Waals surface area contributed by atoms with E-state index in [1.54, 1.807) is 12.1 Å². The number of hydrogen-bond donors (Lipinski definition) is 2. The summed E-state index contributed by atoms with van der Waals surface area (Å²) >= 11 is 1.17. The average molecular weight is 422 g/mol. The highest BCUT2D eigenvalue weighted by Gasteiger charge is 2.23. The van der Waals surface area contributed by atoms with E-state index in [0.29, 0.717) is 9.27 Å². The summed E-state index contributed by atoms with van der Waals surface area (Å²) in [6.45, 7) is 3.89. The number of ether oxygens (including phenoxy) is 1. The van der Waals surface area contributed by atoms with E-state index in [1.165, 1.54) is 17.8 Å². The van der Waals surface area contributed by atoms with Gasteiger partial charge < -0.3 is 15.0 Å². The Morgan fingerprint density at radius 2 is 1.86 bits per heavy atom. The Labute approximate surface area is 171 Å². The summed E-state index contributed by atoms with van der Waals surface area (Å²) < 4.78 is 34.4. The molecule has 0 spiro atoms. The van der Waals surface area contributed by atoms with Crippen LogP contribution in [0.4, 0.5) is 5.69 Å². The molecule has 1 saturated carbocycles. The van der Waals surface area contributed by atoms with E-state index in [1.807, 2.05) is 18.2 Å². The molecule has 1 saturated heterocycles. The van der Waals surface area contributed by atoms with E-state index in [-0.39, 0.29) is 6.04 Å². The van der Waals surface area contributed by atoms with Gasteiger partial charge >= 0.3 is 0 Å².